The first-order valence-electron chi connectivity index (χ1n) is 7.67. The van der Waals surface area contributed by atoms with E-state index in [-0.39, 0.29) is 11.9 Å². The number of rotatable bonds is 3. The third-order valence-corrected chi connectivity index (χ3v) is 5.00. The topological polar surface area (TPSA) is 53.4 Å². The smallest absolute Gasteiger partial charge is 0.273 e. The van der Waals surface area contributed by atoms with Gasteiger partial charge in [0, 0.05) is 17.5 Å². The molecule has 2 atom stereocenters. The summed E-state index contributed by atoms with van der Waals surface area (Å²) in [5.41, 5.74) is 1.51. The molecule has 0 radical (unpaired) electrons. The van der Waals surface area contributed by atoms with Crippen molar-refractivity contribution in [2.75, 3.05) is 6.54 Å². The van der Waals surface area contributed by atoms with Crippen LogP contribution in [0, 0.1) is 0 Å². The molecule has 1 aliphatic heterocycles. The quantitative estimate of drug-likeness (QED) is 0.946. The van der Waals surface area contributed by atoms with Gasteiger partial charge in [-0.15, -0.1) is 11.3 Å². The molecule has 116 valence electrons. The molecule has 2 heterocycles. The fourth-order valence-electron chi connectivity index (χ4n) is 2.94. The Hall–Kier alpha value is -1.72. The molecule has 0 spiro atoms. The number of carbonyl (C=O) groups excluding carboxylic acids is 1. The van der Waals surface area contributed by atoms with E-state index in [1.165, 1.54) is 11.3 Å². The highest BCUT2D eigenvalue weighted by atomic mass is 32.1. The lowest BCUT2D eigenvalue weighted by molar-refractivity contribution is 0.0277. The molecule has 22 heavy (non-hydrogen) atoms. The first kappa shape index (κ1) is 15.2. The number of hydrogen-bond acceptors (Lipinski definition) is 4. The van der Waals surface area contributed by atoms with Crippen molar-refractivity contribution in [1.82, 2.24) is 9.88 Å². The molecule has 5 heteroatoms. The normalized spacial score (nSPS) is 19.9. The molecule has 4 nitrogen and oxygen atoms in total. The minimum absolute atomic E-state index is 0.0657. The van der Waals surface area contributed by atoms with Gasteiger partial charge >= 0.3 is 0 Å². The van der Waals surface area contributed by atoms with E-state index >= 15 is 0 Å². The van der Waals surface area contributed by atoms with Crippen molar-refractivity contribution >= 4 is 17.2 Å². The van der Waals surface area contributed by atoms with Crippen LogP contribution < -0.4 is 0 Å². The molecular formula is C17H20N2O2S. The first-order valence-corrected chi connectivity index (χ1v) is 8.55. The van der Waals surface area contributed by atoms with Crippen molar-refractivity contribution in [3.63, 3.8) is 0 Å². The number of nitrogens with zero attached hydrogens (tertiary/aromatic N) is 2. The molecule has 0 aliphatic carbocycles. The Balaban J connectivity index is 1.82. The second-order valence-electron chi connectivity index (χ2n) is 5.71. The Labute approximate surface area is 134 Å². The van der Waals surface area contributed by atoms with Crippen LogP contribution in [0.15, 0.2) is 35.7 Å². The number of benzene rings is 1. The minimum Gasteiger partial charge on any atom is -0.391 e. The van der Waals surface area contributed by atoms with Crippen LogP contribution in [0.25, 0.3) is 10.6 Å². The number of hydrogen-bond donors (Lipinski definition) is 1. The highest BCUT2D eigenvalue weighted by molar-refractivity contribution is 7.13. The van der Waals surface area contributed by atoms with Crippen LogP contribution in [0.5, 0.6) is 0 Å². The second kappa shape index (κ2) is 6.58. The highest BCUT2D eigenvalue weighted by Crippen LogP contribution is 2.26. The zero-order valence-electron chi connectivity index (χ0n) is 12.6. The summed E-state index contributed by atoms with van der Waals surface area (Å²) in [6.07, 6.45) is 2.41. The van der Waals surface area contributed by atoms with Gasteiger partial charge in [0.1, 0.15) is 10.7 Å². The van der Waals surface area contributed by atoms with Crippen LogP contribution in [-0.4, -0.2) is 39.6 Å². The van der Waals surface area contributed by atoms with E-state index in [2.05, 4.69) is 4.98 Å². The van der Waals surface area contributed by atoms with Gasteiger partial charge in [-0.25, -0.2) is 4.98 Å². The molecule has 1 amide bonds. The molecule has 1 aromatic heterocycles. The molecule has 1 aromatic carbocycles. The Bertz CT molecular complexity index is 639. The van der Waals surface area contributed by atoms with E-state index in [4.69, 9.17) is 0 Å². The third kappa shape index (κ3) is 3.05. The summed E-state index contributed by atoms with van der Waals surface area (Å²) in [6.45, 7) is 2.46. The van der Waals surface area contributed by atoms with Gasteiger partial charge in [-0.1, -0.05) is 30.3 Å². The van der Waals surface area contributed by atoms with Crippen LogP contribution in [0.4, 0.5) is 0 Å². The van der Waals surface area contributed by atoms with E-state index in [0.717, 1.165) is 29.8 Å². The predicted octanol–water partition coefficient (Wildman–Crippen LogP) is 3.19. The van der Waals surface area contributed by atoms with Crippen LogP contribution in [0.2, 0.25) is 0 Å². The van der Waals surface area contributed by atoms with Crippen molar-refractivity contribution in [2.24, 2.45) is 0 Å². The maximum atomic E-state index is 12.7. The summed E-state index contributed by atoms with van der Waals surface area (Å²) in [4.78, 5) is 19.0. The Kier molecular flexibility index (Phi) is 4.55. The van der Waals surface area contributed by atoms with Crippen LogP contribution >= 0.6 is 11.3 Å². The van der Waals surface area contributed by atoms with E-state index in [1.54, 1.807) is 11.8 Å². The summed E-state index contributed by atoms with van der Waals surface area (Å²) in [5.74, 6) is -0.0657. The fraction of sp³-hybridized carbons (Fsp3) is 0.412. The zero-order chi connectivity index (χ0) is 15.5. The van der Waals surface area contributed by atoms with E-state index in [1.807, 2.05) is 35.7 Å². The summed E-state index contributed by atoms with van der Waals surface area (Å²) < 4.78 is 0. The molecular weight excluding hydrogens is 296 g/mol. The molecule has 1 aliphatic rings. The lowest BCUT2D eigenvalue weighted by atomic mass is 9.98. The largest absolute Gasteiger partial charge is 0.391 e. The SMILES string of the molecule is CC(O)C1CCCCN1C(=O)c1csc(-c2ccccc2)n1. The van der Waals surface area contributed by atoms with Crippen LogP contribution in [0.1, 0.15) is 36.7 Å². The molecule has 1 saturated heterocycles. The van der Waals surface area contributed by atoms with Crippen molar-refractivity contribution < 1.29 is 9.90 Å². The summed E-state index contributed by atoms with van der Waals surface area (Å²) in [6, 6.07) is 9.78. The number of aliphatic hydroxyl groups excluding tert-OH is 1. The van der Waals surface area contributed by atoms with Crippen molar-refractivity contribution in [1.29, 1.82) is 0 Å². The summed E-state index contributed by atoms with van der Waals surface area (Å²) >= 11 is 1.48. The Morgan fingerprint density at radius 1 is 1.36 bits per heavy atom. The molecule has 1 N–H and O–H groups in total. The lowest BCUT2D eigenvalue weighted by Gasteiger charge is -2.37. The molecule has 2 aromatic rings. The number of likely N-dealkylation sites (tertiary alicyclic amines) is 1. The fourth-order valence-corrected chi connectivity index (χ4v) is 3.74. The molecule has 0 saturated carbocycles. The van der Waals surface area contributed by atoms with Gasteiger partial charge in [-0.3, -0.25) is 4.79 Å². The van der Waals surface area contributed by atoms with Gasteiger partial charge in [0.25, 0.3) is 5.91 Å². The number of amides is 1. The van der Waals surface area contributed by atoms with Gasteiger partial charge < -0.3 is 10.0 Å². The van der Waals surface area contributed by atoms with Gasteiger partial charge in [-0.2, -0.15) is 0 Å². The number of aliphatic hydroxyl groups is 1. The summed E-state index contributed by atoms with van der Waals surface area (Å²) in [5, 5.41) is 12.6. The average molecular weight is 316 g/mol. The molecule has 2 unspecified atom stereocenters. The summed E-state index contributed by atoms with van der Waals surface area (Å²) in [7, 11) is 0. The third-order valence-electron chi connectivity index (χ3n) is 4.11. The molecule has 0 bridgehead atoms. The Morgan fingerprint density at radius 3 is 2.86 bits per heavy atom. The maximum absolute atomic E-state index is 12.7. The minimum atomic E-state index is -0.503. The average Bonchev–Trinajstić information content (AvgIpc) is 3.05. The highest BCUT2D eigenvalue weighted by Gasteiger charge is 2.31. The van der Waals surface area contributed by atoms with E-state index in [0.29, 0.717) is 12.2 Å². The van der Waals surface area contributed by atoms with E-state index in [9.17, 15) is 9.90 Å². The van der Waals surface area contributed by atoms with Crippen molar-refractivity contribution in [3.8, 4) is 10.6 Å². The monoisotopic (exact) mass is 316 g/mol. The number of piperidine rings is 1. The first-order chi connectivity index (χ1) is 10.7. The van der Waals surface area contributed by atoms with Gasteiger partial charge in [0.2, 0.25) is 0 Å². The van der Waals surface area contributed by atoms with Crippen LogP contribution in [-0.2, 0) is 0 Å². The van der Waals surface area contributed by atoms with Gasteiger partial charge in [0.05, 0.1) is 12.1 Å². The van der Waals surface area contributed by atoms with Gasteiger partial charge in [-0.05, 0) is 26.2 Å². The number of aromatic nitrogens is 1. The lowest BCUT2D eigenvalue weighted by Crippen LogP contribution is -2.49. The van der Waals surface area contributed by atoms with Crippen molar-refractivity contribution in [2.45, 2.75) is 38.3 Å². The predicted molar refractivity (Wildman–Crippen MR) is 87.9 cm³/mol. The molecule has 1 fully saturated rings. The Morgan fingerprint density at radius 2 is 2.14 bits per heavy atom. The number of thiazole rings is 1. The van der Waals surface area contributed by atoms with Crippen molar-refractivity contribution in [3.05, 3.63) is 41.4 Å². The van der Waals surface area contributed by atoms with Crippen LogP contribution in [0.3, 0.4) is 0 Å². The number of carbonyl (C=O) groups is 1. The van der Waals surface area contributed by atoms with Gasteiger partial charge in [0.15, 0.2) is 0 Å². The standard InChI is InChI=1S/C17H20N2O2S/c1-12(20)15-9-5-6-10-19(15)17(21)14-11-22-16(18-14)13-7-3-2-4-8-13/h2-4,7-8,11-12,15,20H,5-6,9-10H2,1H3. The zero-order valence-corrected chi connectivity index (χ0v) is 13.4. The van der Waals surface area contributed by atoms with E-state index < -0.39 is 6.10 Å². The second-order valence-corrected chi connectivity index (χ2v) is 6.56. The molecule has 3 rings (SSSR count). The maximum Gasteiger partial charge on any atom is 0.273 e.